The van der Waals surface area contributed by atoms with E-state index in [1.807, 2.05) is 19.1 Å². The van der Waals surface area contributed by atoms with E-state index in [1.165, 1.54) is 31.2 Å². The monoisotopic (exact) mass is 462 g/mol. The molecule has 7 nitrogen and oxygen atoms in total. The van der Waals surface area contributed by atoms with Gasteiger partial charge in [0.05, 0.1) is 18.7 Å². The second-order valence-corrected chi connectivity index (χ2v) is 8.71. The number of carbonyl (C=O) groups excluding carboxylic acids is 1. The Labute approximate surface area is 195 Å². The number of nitrogens with zero attached hydrogens (tertiary/aromatic N) is 2. The van der Waals surface area contributed by atoms with E-state index >= 15 is 0 Å². The lowest BCUT2D eigenvalue weighted by Crippen LogP contribution is -2.44. The third-order valence-corrected chi connectivity index (χ3v) is 6.87. The van der Waals surface area contributed by atoms with Crippen LogP contribution < -0.4 is 9.64 Å². The Morgan fingerprint density at radius 1 is 1.06 bits per heavy atom. The molecule has 0 aliphatic carbocycles. The van der Waals surface area contributed by atoms with Crippen LogP contribution in [0.4, 0.5) is 10.1 Å². The van der Waals surface area contributed by atoms with Crippen LogP contribution in [-0.4, -0.2) is 31.0 Å². The fraction of sp³-hybridized carbons (Fsp3) is 0.269. The molecule has 174 valence electrons. The number of carbonyl (C=O) groups is 1. The Morgan fingerprint density at radius 3 is 2.32 bits per heavy atom. The van der Waals surface area contributed by atoms with Crippen LogP contribution >= 0.6 is 0 Å². The van der Waals surface area contributed by atoms with Gasteiger partial charge < -0.3 is 14.4 Å². The first-order valence-electron chi connectivity index (χ1n) is 10.9. The van der Waals surface area contributed by atoms with Crippen LogP contribution in [0.25, 0.3) is 0 Å². The van der Waals surface area contributed by atoms with Gasteiger partial charge in [0.1, 0.15) is 11.6 Å². The van der Waals surface area contributed by atoms with Crippen LogP contribution in [-0.2, 0) is 15.1 Å². The fourth-order valence-electron chi connectivity index (χ4n) is 5.29. The number of aryl methyl sites for hydroxylation is 1. The molecule has 4 atom stereocenters. The standard InChI is InChI=1S/C26H23FN2O5/c1-15-7-9-16(10-8-15)21-23(29(31)32)24(17-11-13-18(33-3)14-12-17)34-26(21)19-5-4-6-20(27)22(19)28(2)25(26)30/h4-14,21,23-24H,1-3H3/t21-,23-,24-,26+/m0/s1. The van der Waals surface area contributed by atoms with Gasteiger partial charge in [-0.2, -0.15) is 0 Å². The van der Waals surface area contributed by atoms with E-state index in [9.17, 15) is 19.3 Å². The van der Waals surface area contributed by atoms with Gasteiger partial charge in [-0.15, -0.1) is 0 Å². The normalized spacial score (nSPS) is 25.6. The maximum atomic E-state index is 14.9. The quantitative estimate of drug-likeness (QED) is 0.421. The van der Waals surface area contributed by atoms with Crippen LogP contribution in [0.3, 0.4) is 0 Å². The van der Waals surface area contributed by atoms with Crippen molar-refractivity contribution in [3.8, 4) is 5.75 Å². The summed E-state index contributed by atoms with van der Waals surface area (Å²) in [7, 11) is 3.00. The Morgan fingerprint density at radius 2 is 1.71 bits per heavy atom. The first-order valence-corrected chi connectivity index (χ1v) is 10.9. The number of rotatable bonds is 4. The number of hydrogen-bond acceptors (Lipinski definition) is 5. The van der Waals surface area contributed by atoms with Gasteiger partial charge in [-0.25, -0.2) is 4.39 Å². The van der Waals surface area contributed by atoms with E-state index in [4.69, 9.17) is 9.47 Å². The summed E-state index contributed by atoms with van der Waals surface area (Å²) < 4.78 is 26.6. The molecule has 1 fully saturated rings. The lowest BCUT2D eigenvalue weighted by atomic mass is 9.74. The molecular formula is C26H23FN2O5. The highest BCUT2D eigenvalue weighted by Crippen LogP contribution is 2.60. The second kappa shape index (κ2) is 7.92. The molecule has 3 aromatic rings. The Hall–Kier alpha value is -3.78. The average Bonchev–Trinajstić information content (AvgIpc) is 3.30. The average molecular weight is 462 g/mol. The summed E-state index contributed by atoms with van der Waals surface area (Å²) in [6, 6.07) is 17.1. The van der Waals surface area contributed by atoms with Gasteiger partial charge in [-0.3, -0.25) is 14.9 Å². The zero-order valence-electron chi connectivity index (χ0n) is 18.9. The van der Waals surface area contributed by atoms with Gasteiger partial charge >= 0.3 is 0 Å². The molecule has 1 spiro atoms. The topological polar surface area (TPSA) is 81.9 Å². The molecule has 0 unspecified atom stereocenters. The lowest BCUT2D eigenvalue weighted by Gasteiger charge is -2.29. The van der Waals surface area contributed by atoms with Crippen molar-refractivity contribution in [3.63, 3.8) is 0 Å². The molecule has 2 heterocycles. The van der Waals surface area contributed by atoms with Gasteiger partial charge in [0.15, 0.2) is 11.7 Å². The highest BCUT2D eigenvalue weighted by Gasteiger charge is 2.70. The summed E-state index contributed by atoms with van der Waals surface area (Å²) in [6.07, 6.45) is -1.04. The Bertz CT molecular complexity index is 1280. The van der Waals surface area contributed by atoms with Crippen LogP contribution in [0.1, 0.15) is 34.3 Å². The van der Waals surface area contributed by atoms with Gasteiger partial charge in [0.2, 0.25) is 0 Å². The third kappa shape index (κ3) is 3.02. The van der Waals surface area contributed by atoms with Crippen molar-refractivity contribution in [2.75, 3.05) is 19.1 Å². The van der Waals surface area contributed by atoms with Crippen molar-refractivity contribution in [3.05, 3.63) is 105 Å². The maximum Gasteiger partial charge on any atom is 0.264 e. The van der Waals surface area contributed by atoms with E-state index in [1.54, 1.807) is 42.5 Å². The minimum atomic E-state index is -1.75. The first kappa shape index (κ1) is 22.0. The lowest BCUT2D eigenvalue weighted by molar-refractivity contribution is -0.531. The fourth-order valence-corrected chi connectivity index (χ4v) is 5.29. The molecule has 0 bridgehead atoms. The summed E-state index contributed by atoms with van der Waals surface area (Å²) in [5.74, 6) is -1.50. The summed E-state index contributed by atoms with van der Waals surface area (Å²) in [4.78, 5) is 27.2. The van der Waals surface area contributed by atoms with Crippen LogP contribution in [0, 0.1) is 22.9 Å². The minimum Gasteiger partial charge on any atom is -0.497 e. The number of nitro groups is 1. The zero-order valence-corrected chi connectivity index (χ0v) is 18.9. The first-order chi connectivity index (χ1) is 16.3. The number of amides is 1. The largest absolute Gasteiger partial charge is 0.497 e. The SMILES string of the molecule is COc1ccc([C@@H]2O[C@@]3(C(=O)N(C)c4c(F)cccc43)[C@@H](c3ccc(C)cc3)[C@@H]2[N+](=O)[O-])cc1. The molecule has 34 heavy (non-hydrogen) atoms. The van der Waals surface area contributed by atoms with Gasteiger partial charge in [0, 0.05) is 17.5 Å². The molecular weight excluding hydrogens is 439 g/mol. The molecule has 0 radical (unpaired) electrons. The Kier molecular flexibility index (Phi) is 5.13. The molecule has 2 aliphatic heterocycles. The molecule has 2 aliphatic rings. The number of benzene rings is 3. The molecule has 1 saturated heterocycles. The number of hydrogen-bond donors (Lipinski definition) is 0. The molecule has 1 amide bonds. The maximum absolute atomic E-state index is 14.9. The summed E-state index contributed by atoms with van der Waals surface area (Å²) in [6.45, 7) is 1.91. The predicted octanol–water partition coefficient (Wildman–Crippen LogP) is 4.52. The molecule has 5 rings (SSSR count). The number of fused-ring (bicyclic) bond motifs is 2. The second-order valence-electron chi connectivity index (χ2n) is 8.71. The van der Waals surface area contributed by atoms with Crippen LogP contribution in [0.15, 0.2) is 66.7 Å². The van der Waals surface area contributed by atoms with Crippen molar-refractivity contribution in [1.82, 2.24) is 0 Å². The molecule has 8 heteroatoms. The van der Waals surface area contributed by atoms with Crippen molar-refractivity contribution in [2.24, 2.45) is 0 Å². The smallest absolute Gasteiger partial charge is 0.264 e. The number of anilines is 1. The van der Waals surface area contributed by atoms with Crippen molar-refractivity contribution in [1.29, 1.82) is 0 Å². The van der Waals surface area contributed by atoms with Gasteiger partial charge in [0.25, 0.3) is 11.9 Å². The number of methoxy groups -OCH3 is 1. The summed E-state index contributed by atoms with van der Waals surface area (Å²) >= 11 is 0. The van der Waals surface area contributed by atoms with E-state index in [2.05, 4.69) is 0 Å². The third-order valence-electron chi connectivity index (χ3n) is 6.87. The van der Waals surface area contributed by atoms with Crippen molar-refractivity contribution >= 4 is 11.6 Å². The highest BCUT2D eigenvalue weighted by atomic mass is 19.1. The minimum absolute atomic E-state index is 0.0853. The molecule has 0 saturated carbocycles. The Balaban J connectivity index is 1.77. The van der Waals surface area contributed by atoms with Gasteiger partial charge in [-0.1, -0.05) is 54.1 Å². The van der Waals surface area contributed by atoms with Crippen molar-refractivity contribution in [2.45, 2.75) is 30.6 Å². The van der Waals surface area contributed by atoms with Gasteiger partial charge in [-0.05, 0) is 36.2 Å². The van der Waals surface area contributed by atoms with Crippen molar-refractivity contribution < 1.29 is 23.6 Å². The van der Waals surface area contributed by atoms with E-state index < -0.39 is 40.3 Å². The predicted molar refractivity (Wildman–Crippen MR) is 123 cm³/mol. The zero-order chi connectivity index (χ0) is 24.2. The molecule has 0 N–H and O–H groups in total. The summed E-state index contributed by atoms with van der Waals surface area (Å²) in [5.41, 5.74) is 0.737. The highest BCUT2D eigenvalue weighted by molar-refractivity contribution is 6.08. The summed E-state index contributed by atoms with van der Waals surface area (Å²) in [5, 5.41) is 12.6. The van der Waals surface area contributed by atoms with Crippen LogP contribution in [0.2, 0.25) is 0 Å². The van der Waals surface area contributed by atoms with Crippen LogP contribution in [0.5, 0.6) is 5.75 Å². The molecule has 3 aromatic carbocycles. The number of likely N-dealkylation sites (N-methyl/N-ethyl adjacent to an activating group) is 1. The van der Waals surface area contributed by atoms with E-state index in [-0.39, 0.29) is 5.69 Å². The van der Waals surface area contributed by atoms with E-state index in [0.717, 1.165) is 5.56 Å². The number of halogens is 1. The van der Waals surface area contributed by atoms with E-state index in [0.29, 0.717) is 22.4 Å². The molecule has 0 aromatic heterocycles. The number of para-hydroxylation sites is 1. The number of ether oxygens (including phenoxy) is 2.